The van der Waals surface area contributed by atoms with Gasteiger partial charge in [0.1, 0.15) is 5.58 Å². The van der Waals surface area contributed by atoms with E-state index in [-0.39, 0.29) is 33.8 Å². The molecule has 3 aromatic carbocycles. The van der Waals surface area contributed by atoms with Gasteiger partial charge in [0.05, 0.1) is 11.3 Å². The fraction of sp³-hybridized carbons (Fsp3) is 0.455. The molecule has 0 N–H and O–H groups in total. The summed E-state index contributed by atoms with van der Waals surface area (Å²) in [6, 6.07) is 23.5. The number of nitrogens with zero attached hydrogens (tertiary/aromatic N) is 1. The molecule has 4 aromatic rings. The molecule has 0 spiro atoms. The van der Waals surface area contributed by atoms with Crippen LogP contribution >= 0.6 is 0 Å². The Kier molecular flexibility index (Phi) is 7.02. The highest BCUT2D eigenvalue weighted by Crippen LogP contribution is 2.49. The second kappa shape index (κ2) is 10.3. The smallest absolute Gasteiger partial charge is 0.292 e. The summed E-state index contributed by atoms with van der Waals surface area (Å²) in [5.74, 6) is 0. The molecule has 2 aliphatic carbocycles. The van der Waals surface area contributed by atoms with Gasteiger partial charge < -0.3 is 9.32 Å². The molecule has 1 aromatic heterocycles. The lowest BCUT2D eigenvalue weighted by molar-refractivity contribution is 0.332. The first-order valence-corrected chi connectivity index (χ1v) is 17.8. The largest absolute Gasteiger partial charge is 0.468 e. The van der Waals surface area contributed by atoms with E-state index in [9.17, 15) is 0 Å². The third-order valence-electron chi connectivity index (χ3n) is 11.5. The number of hydrogen-bond acceptors (Lipinski definition) is 2. The molecule has 244 valence electrons. The Balaban J connectivity index is 1.53. The first-order valence-electron chi connectivity index (χ1n) is 17.8. The van der Waals surface area contributed by atoms with Gasteiger partial charge >= 0.3 is 0 Å². The van der Waals surface area contributed by atoms with Crippen molar-refractivity contribution in [2.24, 2.45) is 5.41 Å². The number of fused-ring (bicyclic) bond motifs is 5. The van der Waals surface area contributed by atoms with Crippen LogP contribution in [0.4, 0.5) is 11.4 Å². The molecule has 3 aliphatic rings. The number of benzene rings is 3. The molecular weight excluding hydrogens is 569 g/mol. The molecule has 0 bridgehead atoms. The summed E-state index contributed by atoms with van der Waals surface area (Å²) in [6.07, 6.45) is 8.48. The van der Waals surface area contributed by atoms with Gasteiger partial charge in [0.15, 0.2) is 0 Å². The Morgan fingerprint density at radius 3 is 1.96 bits per heavy atom. The van der Waals surface area contributed by atoms with Gasteiger partial charge in [-0.1, -0.05) is 137 Å². The van der Waals surface area contributed by atoms with Crippen LogP contribution in [-0.4, -0.2) is 6.71 Å². The van der Waals surface area contributed by atoms with Gasteiger partial charge in [-0.3, -0.25) is 0 Å². The minimum Gasteiger partial charge on any atom is -0.468 e. The normalized spacial score (nSPS) is 19.9. The van der Waals surface area contributed by atoms with E-state index in [2.05, 4.69) is 161 Å². The standard InChI is InChI=1S/C44H54BNO/c1-40(2,3)28-13-17-31(18-14-28)46-36-27-42(7,8)22-21-35(36)45(30-16-19-33-34(26-30)44(11,12)24-23-43(33,9)10)39-38(46)32-25-29(41(4,5)6)15-20-37(32)47-39/h13-21,25-27H,22-24H2,1-12H3. The van der Waals surface area contributed by atoms with Crippen molar-refractivity contribution in [3.63, 3.8) is 0 Å². The molecule has 0 fully saturated rings. The fourth-order valence-electron chi connectivity index (χ4n) is 8.20. The Bertz CT molecular complexity index is 1950. The van der Waals surface area contributed by atoms with Crippen molar-refractivity contribution in [2.45, 2.75) is 124 Å². The van der Waals surface area contributed by atoms with E-state index >= 15 is 0 Å². The van der Waals surface area contributed by atoms with Crippen LogP contribution in [0.25, 0.3) is 11.0 Å². The van der Waals surface area contributed by atoms with Gasteiger partial charge in [-0.15, -0.1) is 0 Å². The monoisotopic (exact) mass is 623 g/mol. The fourth-order valence-corrected chi connectivity index (χ4v) is 8.20. The Labute approximate surface area is 284 Å². The molecule has 0 amide bonds. The van der Waals surface area contributed by atoms with E-state index in [0.717, 1.165) is 17.7 Å². The predicted octanol–water partition coefficient (Wildman–Crippen LogP) is 10.9. The molecule has 0 atom stereocenters. The quantitative estimate of drug-likeness (QED) is 0.207. The Morgan fingerprint density at radius 1 is 0.702 bits per heavy atom. The molecule has 0 radical (unpaired) electrons. The van der Waals surface area contributed by atoms with Gasteiger partial charge in [-0.05, 0) is 98.3 Å². The molecular formula is C44H54BNO. The number of furan rings is 1. The van der Waals surface area contributed by atoms with Crippen molar-refractivity contribution in [3.8, 4) is 0 Å². The average molecular weight is 624 g/mol. The maximum absolute atomic E-state index is 7.08. The summed E-state index contributed by atoms with van der Waals surface area (Å²) in [7, 11) is 0. The van der Waals surface area contributed by atoms with Crippen molar-refractivity contribution in [1.29, 1.82) is 0 Å². The van der Waals surface area contributed by atoms with Gasteiger partial charge in [-0.2, -0.15) is 0 Å². The van der Waals surface area contributed by atoms with Crippen LogP contribution < -0.4 is 16.0 Å². The summed E-state index contributed by atoms with van der Waals surface area (Å²) >= 11 is 0. The van der Waals surface area contributed by atoms with E-state index in [0.29, 0.717) is 0 Å². The van der Waals surface area contributed by atoms with Gasteiger partial charge in [0, 0.05) is 16.8 Å². The zero-order valence-corrected chi connectivity index (χ0v) is 31.0. The van der Waals surface area contributed by atoms with Crippen LogP contribution in [0.15, 0.2) is 88.4 Å². The third kappa shape index (κ3) is 5.33. The van der Waals surface area contributed by atoms with Crippen molar-refractivity contribution in [1.82, 2.24) is 0 Å². The number of rotatable bonds is 2. The molecule has 0 saturated carbocycles. The lowest BCUT2D eigenvalue weighted by atomic mass is 9.35. The zero-order chi connectivity index (χ0) is 33.9. The summed E-state index contributed by atoms with van der Waals surface area (Å²) in [4.78, 5) is 2.52. The topological polar surface area (TPSA) is 16.4 Å². The van der Waals surface area contributed by atoms with Crippen LogP contribution in [0.1, 0.15) is 125 Å². The Hall–Kier alpha value is -3.46. The van der Waals surface area contributed by atoms with Crippen LogP contribution in [0.2, 0.25) is 0 Å². The van der Waals surface area contributed by atoms with Crippen LogP contribution in [0, 0.1) is 5.41 Å². The van der Waals surface area contributed by atoms with E-state index < -0.39 is 0 Å². The first kappa shape index (κ1) is 32.1. The average Bonchev–Trinajstić information content (AvgIpc) is 3.35. The summed E-state index contributed by atoms with van der Waals surface area (Å²) in [6.45, 7) is 28.2. The third-order valence-corrected chi connectivity index (χ3v) is 11.5. The molecule has 2 nitrogen and oxygen atoms in total. The van der Waals surface area contributed by atoms with Crippen molar-refractivity contribution >= 4 is 40.2 Å². The van der Waals surface area contributed by atoms with E-state index in [1.807, 2.05) is 0 Å². The van der Waals surface area contributed by atoms with E-state index in [1.165, 1.54) is 68.5 Å². The maximum Gasteiger partial charge on any atom is 0.292 e. The van der Waals surface area contributed by atoms with E-state index in [4.69, 9.17) is 4.42 Å². The van der Waals surface area contributed by atoms with Crippen molar-refractivity contribution in [3.05, 3.63) is 106 Å². The summed E-state index contributed by atoms with van der Waals surface area (Å²) in [5, 5.41) is 1.19. The number of hydrogen-bond donors (Lipinski definition) is 0. The Morgan fingerprint density at radius 2 is 1.32 bits per heavy atom. The highest BCUT2D eigenvalue weighted by atomic mass is 16.3. The minimum absolute atomic E-state index is 0.0223. The minimum atomic E-state index is 0.0223. The maximum atomic E-state index is 7.08. The zero-order valence-electron chi connectivity index (χ0n) is 31.0. The second-order valence-electron chi connectivity index (χ2n) is 18.8. The highest BCUT2D eigenvalue weighted by molar-refractivity contribution is 6.92. The number of allylic oxidation sites excluding steroid dienone is 3. The highest BCUT2D eigenvalue weighted by Gasteiger charge is 2.46. The second-order valence-corrected chi connectivity index (χ2v) is 18.8. The van der Waals surface area contributed by atoms with E-state index in [1.54, 1.807) is 0 Å². The van der Waals surface area contributed by atoms with Crippen molar-refractivity contribution in [2.75, 3.05) is 4.90 Å². The predicted molar refractivity (Wildman–Crippen MR) is 204 cm³/mol. The summed E-state index contributed by atoms with van der Waals surface area (Å²) in [5.41, 5.74) is 14.5. The lowest BCUT2D eigenvalue weighted by Gasteiger charge is -2.43. The molecule has 2 heterocycles. The van der Waals surface area contributed by atoms with Crippen LogP contribution in [0.3, 0.4) is 0 Å². The van der Waals surface area contributed by atoms with Crippen LogP contribution in [-0.2, 0) is 21.7 Å². The van der Waals surface area contributed by atoms with Gasteiger partial charge in [0.2, 0.25) is 0 Å². The molecule has 3 heteroatoms. The molecule has 1 aliphatic heterocycles. The molecule has 47 heavy (non-hydrogen) atoms. The summed E-state index contributed by atoms with van der Waals surface area (Å²) < 4.78 is 7.08. The van der Waals surface area contributed by atoms with Gasteiger partial charge in [0.25, 0.3) is 6.71 Å². The number of anilines is 2. The SMILES string of the molecule is CC1(C)C=C2C(=CC1)B(c1ccc3c(c1)C(C)(C)CCC3(C)C)c1oc3ccc(C(C)(C)C)cc3c1N2c1ccc(C(C)(C)C)cc1. The molecule has 7 rings (SSSR count). The lowest BCUT2D eigenvalue weighted by Crippen LogP contribution is -2.52. The van der Waals surface area contributed by atoms with Crippen molar-refractivity contribution < 1.29 is 4.42 Å². The van der Waals surface area contributed by atoms with Gasteiger partial charge in [-0.25, -0.2) is 0 Å². The first-order chi connectivity index (χ1) is 21.8. The molecule has 0 unspecified atom stereocenters. The molecule has 0 saturated heterocycles. The van der Waals surface area contributed by atoms with Crippen LogP contribution in [0.5, 0.6) is 0 Å².